The van der Waals surface area contributed by atoms with Gasteiger partial charge >= 0.3 is 6.03 Å². The zero-order valence-electron chi connectivity index (χ0n) is 15.1. The van der Waals surface area contributed by atoms with Crippen LogP contribution in [-0.4, -0.2) is 39.1 Å². The molecule has 1 fully saturated rings. The molecule has 1 aromatic carbocycles. The van der Waals surface area contributed by atoms with E-state index in [2.05, 4.69) is 20.4 Å². The highest BCUT2D eigenvalue weighted by atomic mass is 32.1. The number of hydrogen-bond donors (Lipinski definition) is 1. The molecule has 4 rings (SSSR count). The van der Waals surface area contributed by atoms with Crippen molar-refractivity contribution in [2.75, 3.05) is 18.4 Å². The number of aromatic nitrogens is 3. The van der Waals surface area contributed by atoms with Crippen LogP contribution in [-0.2, 0) is 6.42 Å². The van der Waals surface area contributed by atoms with Crippen molar-refractivity contribution in [3.8, 4) is 10.4 Å². The lowest BCUT2D eigenvalue weighted by atomic mass is 9.98. The summed E-state index contributed by atoms with van der Waals surface area (Å²) in [6, 6.07) is 9.89. The highest BCUT2D eigenvalue weighted by Gasteiger charge is 2.28. The molecule has 2 aromatic heterocycles. The number of amides is 2. The van der Waals surface area contributed by atoms with Gasteiger partial charge in [0.2, 0.25) is 5.89 Å². The molecule has 1 aliphatic heterocycles. The average Bonchev–Trinajstić information content (AvgIpc) is 3.38. The summed E-state index contributed by atoms with van der Waals surface area (Å²) in [6.45, 7) is 3.29. The van der Waals surface area contributed by atoms with Gasteiger partial charge in [0.1, 0.15) is 0 Å². The fourth-order valence-corrected chi connectivity index (χ4v) is 4.00. The summed E-state index contributed by atoms with van der Waals surface area (Å²) >= 11 is 1.47. The lowest BCUT2D eigenvalue weighted by Gasteiger charge is -2.30. The van der Waals surface area contributed by atoms with Gasteiger partial charge in [-0.1, -0.05) is 53.7 Å². The van der Waals surface area contributed by atoms with Gasteiger partial charge in [-0.3, -0.25) is 5.32 Å². The molecule has 0 spiro atoms. The van der Waals surface area contributed by atoms with Crippen LogP contribution in [0.2, 0.25) is 0 Å². The number of nitrogens with one attached hydrogen (secondary N) is 1. The number of urea groups is 1. The minimum absolute atomic E-state index is 0.115. The van der Waals surface area contributed by atoms with E-state index in [0.717, 1.165) is 36.2 Å². The second kappa shape index (κ2) is 7.87. The first-order chi connectivity index (χ1) is 13.2. The number of benzene rings is 1. The van der Waals surface area contributed by atoms with E-state index in [4.69, 9.17) is 4.52 Å². The van der Waals surface area contributed by atoms with Gasteiger partial charge in [0.05, 0.1) is 4.88 Å². The zero-order chi connectivity index (χ0) is 18.6. The Morgan fingerprint density at radius 3 is 3.00 bits per heavy atom. The van der Waals surface area contributed by atoms with Crippen molar-refractivity contribution >= 4 is 22.5 Å². The molecule has 3 heterocycles. The van der Waals surface area contributed by atoms with E-state index in [1.165, 1.54) is 11.3 Å². The predicted octanol–water partition coefficient (Wildman–Crippen LogP) is 4.17. The van der Waals surface area contributed by atoms with E-state index >= 15 is 0 Å². The van der Waals surface area contributed by atoms with Crippen molar-refractivity contribution in [1.82, 2.24) is 20.0 Å². The number of hydrogen-bond acceptors (Lipinski definition) is 6. The summed E-state index contributed by atoms with van der Waals surface area (Å²) in [7, 11) is 0. The van der Waals surface area contributed by atoms with E-state index in [9.17, 15) is 4.79 Å². The third-order valence-corrected chi connectivity index (χ3v) is 5.60. The summed E-state index contributed by atoms with van der Waals surface area (Å²) in [5.41, 5.74) is 1.09. The number of carbonyl (C=O) groups is 1. The Kier molecular flexibility index (Phi) is 5.15. The van der Waals surface area contributed by atoms with Crippen molar-refractivity contribution in [3.63, 3.8) is 0 Å². The first-order valence-electron chi connectivity index (χ1n) is 9.12. The number of aryl methyl sites for hydroxylation is 1. The molecule has 1 aliphatic rings. The molecule has 0 radical (unpaired) electrons. The Balaban J connectivity index is 1.40. The topological polar surface area (TPSA) is 84.2 Å². The first kappa shape index (κ1) is 17.7. The van der Waals surface area contributed by atoms with Gasteiger partial charge < -0.3 is 9.42 Å². The minimum atomic E-state index is -0.132. The van der Waals surface area contributed by atoms with Crippen LogP contribution >= 0.6 is 11.3 Å². The Morgan fingerprint density at radius 2 is 2.22 bits per heavy atom. The Labute approximate surface area is 161 Å². The second-order valence-corrected chi connectivity index (χ2v) is 7.54. The van der Waals surface area contributed by atoms with Crippen molar-refractivity contribution in [2.24, 2.45) is 0 Å². The van der Waals surface area contributed by atoms with Crippen LogP contribution in [0.5, 0.6) is 0 Å². The van der Waals surface area contributed by atoms with Crippen LogP contribution in [0.25, 0.3) is 10.4 Å². The number of rotatable bonds is 4. The predicted molar refractivity (Wildman–Crippen MR) is 104 cm³/mol. The lowest BCUT2D eigenvalue weighted by Crippen LogP contribution is -2.41. The van der Waals surface area contributed by atoms with Crippen LogP contribution in [0.15, 0.2) is 41.1 Å². The summed E-state index contributed by atoms with van der Waals surface area (Å²) in [4.78, 5) is 24.3. The number of piperidine rings is 1. The molecule has 0 saturated carbocycles. The normalized spacial score (nSPS) is 17.1. The summed E-state index contributed by atoms with van der Waals surface area (Å²) in [6.07, 6.45) is 4.39. The SMILES string of the molecule is CCc1nc([C@@H]2CCCN(C(=O)Nc3ncc(-c4ccccc4)s3)C2)no1. The number of likely N-dealkylation sites (tertiary alicyclic amines) is 1. The molecule has 2 amide bonds. The van der Waals surface area contributed by atoms with Crippen molar-refractivity contribution in [3.05, 3.63) is 48.2 Å². The van der Waals surface area contributed by atoms with E-state index in [1.54, 1.807) is 11.1 Å². The summed E-state index contributed by atoms with van der Waals surface area (Å²) < 4.78 is 5.21. The number of carbonyl (C=O) groups excluding carboxylic acids is 1. The fourth-order valence-electron chi connectivity index (χ4n) is 3.19. The van der Waals surface area contributed by atoms with E-state index < -0.39 is 0 Å². The summed E-state index contributed by atoms with van der Waals surface area (Å²) in [5, 5.41) is 7.60. The molecule has 1 atom stereocenters. The molecule has 0 bridgehead atoms. The van der Waals surface area contributed by atoms with Gasteiger partial charge in [0.25, 0.3) is 0 Å². The Hall–Kier alpha value is -2.74. The summed E-state index contributed by atoms with van der Waals surface area (Å²) in [5.74, 6) is 1.46. The van der Waals surface area contributed by atoms with E-state index in [1.807, 2.05) is 37.3 Å². The van der Waals surface area contributed by atoms with E-state index in [0.29, 0.717) is 23.4 Å². The Morgan fingerprint density at radius 1 is 1.37 bits per heavy atom. The number of nitrogens with zero attached hydrogens (tertiary/aromatic N) is 4. The molecular formula is C19H21N5O2S. The van der Waals surface area contributed by atoms with E-state index in [-0.39, 0.29) is 11.9 Å². The van der Waals surface area contributed by atoms with Gasteiger partial charge in [0.15, 0.2) is 11.0 Å². The van der Waals surface area contributed by atoms with Crippen LogP contribution in [0.4, 0.5) is 9.93 Å². The van der Waals surface area contributed by atoms with Gasteiger partial charge in [-0.2, -0.15) is 4.98 Å². The minimum Gasteiger partial charge on any atom is -0.339 e. The van der Waals surface area contributed by atoms with Gasteiger partial charge in [-0.15, -0.1) is 0 Å². The highest BCUT2D eigenvalue weighted by Crippen LogP contribution is 2.30. The molecule has 1 N–H and O–H groups in total. The van der Waals surface area contributed by atoms with Crippen molar-refractivity contribution in [1.29, 1.82) is 0 Å². The van der Waals surface area contributed by atoms with Crippen LogP contribution in [0.3, 0.4) is 0 Å². The number of thiazole rings is 1. The largest absolute Gasteiger partial charge is 0.339 e. The van der Waals surface area contributed by atoms with Gasteiger partial charge in [-0.25, -0.2) is 9.78 Å². The van der Waals surface area contributed by atoms with Crippen LogP contribution in [0, 0.1) is 0 Å². The maximum Gasteiger partial charge on any atom is 0.323 e. The first-order valence-corrected chi connectivity index (χ1v) is 9.94. The fraction of sp³-hybridized carbons (Fsp3) is 0.368. The van der Waals surface area contributed by atoms with Crippen molar-refractivity contribution < 1.29 is 9.32 Å². The molecule has 3 aromatic rings. The highest BCUT2D eigenvalue weighted by molar-refractivity contribution is 7.19. The third-order valence-electron chi connectivity index (χ3n) is 4.64. The molecule has 27 heavy (non-hydrogen) atoms. The van der Waals surface area contributed by atoms with Gasteiger partial charge in [-0.05, 0) is 18.4 Å². The standard InChI is InChI=1S/C19H21N5O2S/c1-2-16-21-17(23-26-16)14-9-6-10-24(12-14)19(25)22-18-20-11-15(27-18)13-7-4-3-5-8-13/h3-5,7-8,11,14H,2,6,9-10,12H2,1H3,(H,20,22,25)/t14-/m1/s1. The molecule has 8 heteroatoms. The third kappa shape index (κ3) is 4.00. The maximum absolute atomic E-state index is 12.7. The molecular weight excluding hydrogens is 362 g/mol. The van der Waals surface area contributed by atoms with Crippen molar-refractivity contribution in [2.45, 2.75) is 32.1 Å². The second-order valence-electron chi connectivity index (χ2n) is 6.51. The monoisotopic (exact) mass is 383 g/mol. The maximum atomic E-state index is 12.7. The molecule has 0 unspecified atom stereocenters. The number of anilines is 1. The molecule has 140 valence electrons. The van der Waals surface area contributed by atoms with Gasteiger partial charge in [0, 0.05) is 31.6 Å². The average molecular weight is 383 g/mol. The smallest absolute Gasteiger partial charge is 0.323 e. The quantitative estimate of drug-likeness (QED) is 0.731. The molecule has 0 aliphatic carbocycles. The molecule has 7 nitrogen and oxygen atoms in total. The zero-order valence-corrected chi connectivity index (χ0v) is 15.9. The Bertz CT molecular complexity index is 908. The van der Waals surface area contributed by atoms with Crippen LogP contribution in [0.1, 0.15) is 37.4 Å². The van der Waals surface area contributed by atoms with Crippen LogP contribution < -0.4 is 5.32 Å². The lowest BCUT2D eigenvalue weighted by molar-refractivity contribution is 0.190. The molecule has 1 saturated heterocycles.